The van der Waals surface area contributed by atoms with Gasteiger partial charge in [0.05, 0.1) is 144 Å². The Kier molecular flexibility index (Phi) is 39.0. The van der Waals surface area contributed by atoms with Crippen molar-refractivity contribution < 1.29 is 121 Å². The second-order valence-corrected chi connectivity index (χ2v) is 17.5. The number of rotatable bonds is 49. The van der Waals surface area contributed by atoms with Gasteiger partial charge in [-0.25, -0.2) is 20.5 Å². The molecule has 0 spiro atoms. The van der Waals surface area contributed by atoms with Gasteiger partial charge in [-0.05, 0) is 18.6 Å². The quantitative estimate of drug-likeness (QED) is 0.0117. The number of carbonyl (C=O) groups excluding carboxylic acids is 4. The maximum atomic E-state index is 13.3. The van der Waals surface area contributed by atoms with Gasteiger partial charge in [0, 0.05) is 39.5 Å². The minimum absolute atomic E-state index is 0.000639. The van der Waals surface area contributed by atoms with E-state index in [9.17, 15) is 59.4 Å². The molecular formula is C48H84N8O25. The highest BCUT2D eigenvalue weighted by atomic mass is 16.6. The van der Waals surface area contributed by atoms with Gasteiger partial charge >= 0.3 is 11.9 Å². The molecule has 0 aromatic heterocycles. The first kappa shape index (κ1) is 71.6. The fourth-order valence-corrected chi connectivity index (χ4v) is 7.43. The van der Waals surface area contributed by atoms with Crippen LogP contribution < -0.4 is 33.3 Å². The third-order valence-corrected chi connectivity index (χ3v) is 11.2. The average Bonchev–Trinajstić information content (AvgIpc) is 3.49. The van der Waals surface area contributed by atoms with Crippen LogP contribution in [0.25, 0.3) is 0 Å². The van der Waals surface area contributed by atoms with E-state index in [1.807, 2.05) is 0 Å². The summed E-state index contributed by atoms with van der Waals surface area (Å²) in [7, 11) is 0. The van der Waals surface area contributed by atoms with Crippen LogP contribution in [-0.2, 0) is 90.4 Å². The fraction of sp³-hybridized carbons (Fsp3) is 0.771. The Labute approximate surface area is 468 Å². The topological polar surface area (TPSA) is 474 Å². The van der Waals surface area contributed by atoms with Crippen LogP contribution in [-0.4, -0.2) is 291 Å². The van der Waals surface area contributed by atoms with Gasteiger partial charge in [-0.2, -0.15) is 0 Å². The molecule has 0 saturated heterocycles. The third-order valence-electron chi connectivity index (χ3n) is 11.2. The summed E-state index contributed by atoms with van der Waals surface area (Å²) in [5, 5.41) is 67.0. The number of carboxylic acids is 2. The molecule has 33 nitrogen and oxygen atoms in total. The average molecular weight is 1170 g/mol. The highest BCUT2D eigenvalue weighted by Gasteiger charge is 2.41. The highest BCUT2D eigenvalue weighted by molar-refractivity contribution is 5.85. The van der Waals surface area contributed by atoms with E-state index in [-0.39, 0.29) is 104 Å². The molecular weight excluding hydrogens is 1090 g/mol. The van der Waals surface area contributed by atoms with E-state index in [0.717, 1.165) is 0 Å². The van der Waals surface area contributed by atoms with Crippen LogP contribution in [0.3, 0.4) is 0 Å². The number of aliphatic hydroxyl groups excluding tert-OH is 4. The first-order chi connectivity index (χ1) is 39.0. The molecule has 0 radical (unpaired) electrons. The molecule has 0 saturated carbocycles. The minimum atomic E-state index is -1.62. The summed E-state index contributed by atoms with van der Waals surface area (Å²) in [6.07, 6.45) is -6.05. The lowest BCUT2D eigenvalue weighted by Gasteiger charge is -2.37. The predicted molar refractivity (Wildman–Crippen MR) is 277 cm³/mol. The third kappa shape index (κ3) is 32.7. The molecule has 15 N–H and O–H groups in total. The monoisotopic (exact) mass is 1170 g/mol. The summed E-state index contributed by atoms with van der Waals surface area (Å²) < 4.78 is 66.2. The first-order valence-corrected chi connectivity index (χ1v) is 26.1. The molecule has 2 aliphatic rings. The van der Waals surface area contributed by atoms with Crippen LogP contribution in [0.15, 0.2) is 28.7 Å². The molecule has 2 heterocycles. The van der Waals surface area contributed by atoms with E-state index in [0.29, 0.717) is 66.1 Å². The van der Waals surface area contributed by atoms with Crippen LogP contribution in [0.2, 0.25) is 0 Å². The zero-order chi connectivity index (χ0) is 59.6. The molecule has 0 aromatic carbocycles. The molecule has 466 valence electrons. The summed E-state index contributed by atoms with van der Waals surface area (Å²) in [6, 6.07) is -1.71. The Bertz CT molecular complexity index is 1900. The lowest BCUT2D eigenvalue weighted by molar-refractivity contribution is -0.158. The van der Waals surface area contributed by atoms with Gasteiger partial charge in [0.2, 0.25) is 35.1 Å². The van der Waals surface area contributed by atoms with Gasteiger partial charge in [0.15, 0.2) is 5.96 Å². The number of nitrogens with zero attached hydrogens (tertiary/aromatic N) is 2. The van der Waals surface area contributed by atoms with Crippen molar-refractivity contribution in [2.24, 2.45) is 22.4 Å². The number of nitrogens with two attached hydrogens (primary N) is 3. The molecule has 33 heteroatoms. The van der Waals surface area contributed by atoms with Crippen molar-refractivity contribution in [1.82, 2.24) is 20.9 Å². The van der Waals surface area contributed by atoms with E-state index in [4.69, 9.17) is 74.2 Å². The maximum Gasteiger partial charge on any atom is 0.370 e. The SMILES string of the molecule is CC(=O)N[C@@H]1CC=C(C(=O)O)O[C@H]1[C@H](OCC(=O)NCCOCCN(CCOCCNC(=O)CO[C@H]([C@H](O)CO)[C@H]1C[C@@H](N=C(N)N)C=C(C(=O)O)O1)C(=O)CCOCCOCCOCCOCCOCCOCCON)[C@H](O)CO. The Morgan fingerprint density at radius 2 is 1.11 bits per heavy atom. The zero-order valence-corrected chi connectivity index (χ0v) is 45.6. The molecule has 2 rings (SSSR count). The first-order valence-electron chi connectivity index (χ1n) is 26.1. The number of aliphatic carboxylic acids is 2. The molecule has 0 bridgehead atoms. The molecule has 0 unspecified atom stereocenters. The van der Waals surface area contributed by atoms with E-state index in [1.165, 1.54) is 24.0 Å². The number of nitrogens with one attached hydrogen (secondary N) is 3. The number of aliphatic imine (C=N–C) groups is 1. The second kappa shape index (κ2) is 44.2. The normalized spacial score (nSPS) is 18.4. The summed E-state index contributed by atoms with van der Waals surface area (Å²) in [6.45, 7) is 2.87. The number of amides is 4. The van der Waals surface area contributed by atoms with Gasteiger partial charge in [0.1, 0.15) is 49.8 Å². The van der Waals surface area contributed by atoms with Gasteiger partial charge in [0.25, 0.3) is 0 Å². The molecule has 0 fully saturated rings. The lowest BCUT2D eigenvalue weighted by Crippen LogP contribution is -2.56. The standard InChI is InChI=1S/C48H84N8O25/c1-32(59)54-34-2-3-37(46(65)66)81-43(34)45(36(61)29-58)78-31-41(63)53-6-11-71-13-8-56(42(64)4-9-69-14-15-72-16-17-73-18-19-74-20-21-75-22-23-76-24-25-79-51)7-12-70-10-5-52-40(62)30-77-44(35(60)28-57)38-26-33(55-48(49)50)27-39(80-38)47(67)68/h3,27,33-36,38,43-45,57-58,60-61H,2,4-26,28-31,51H2,1H3,(H,52,62)(H,53,63)(H,54,59)(H,65,66)(H,67,68)(H4,49,50,55)/t33-,34-,35-,36-,38-,43-,44-,45-/m1/s1. The maximum absolute atomic E-state index is 13.3. The number of carbonyl (C=O) groups is 6. The van der Waals surface area contributed by atoms with Crippen LogP contribution in [0.4, 0.5) is 0 Å². The van der Waals surface area contributed by atoms with Crippen molar-refractivity contribution in [3.8, 4) is 0 Å². The Morgan fingerprint density at radius 1 is 0.654 bits per heavy atom. The van der Waals surface area contributed by atoms with Gasteiger partial charge in [-0.1, -0.05) is 0 Å². The van der Waals surface area contributed by atoms with Gasteiger partial charge < -0.3 is 125 Å². The van der Waals surface area contributed by atoms with E-state index < -0.39 is 116 Å². The zero-order valence-electron chi connectivity index (χ0n) is 45.6. The van der Waals surface area contributed by atoms with Crippen molar-refractivity contribution in [3.05, 3.63) is 23.7 Å². The summed E-state index contributed by atoms with van der Waals surface area (Å²) in [5.41, 5.74) is 10.9. The minimum Gasteiger partial charge on any atom is -0.480 e. The number of aliphatic hydroxyl groups is 4. The number of hydrogen-bond acceptors (Lipinski definition) is 25. The Hall–Kier alpha value is -5.47. The van der Waals surface area contributed by atoms with Crippen LogP contribution in [0, 0.1) is 0 Å². The second-order valence-electron chi connectivity index (χ2n) is 17.5. The summed E-state index contributed by atoms with van der Waals surface area (Å²) in [4.78, 5) is 83.7. The largest absolute Gasteiger partial charge is 0.480 e. The summed E-state index contributed by atoms with van der Waals surface area (Å²) in [5.74, 6) is -1.30. The molecule has 4 amide bonds. The lowest BCUT2D eigenvalue weighted by atomic mass is 9.95. The number of hydrogen-bond donors (Lipinski definition) is 12. The van der Waals surface area contributed by atoms with Crippen molar-refractivity contribution in [2.45, 2.75) is 74.9 Å². The Morgan fingerprint density at radius 3 is 1.57 bits per heavy atom. The van der Waals surface area contributed by atoms with Crippen molar-refractivity contribution in [1.29, 1.82) is 0 Å². The van der Waals surface area contributed by atoms with E-state index in [2.05, 4.69) is 25.8 Å². The van der Waals surface area contributed by atoms with E-state index >= 15 is 0 Å². The number of guanidine groups is 1. The van der Waals surface area contributed by atoms with Crippen molar-refractivity contribution in [2.75, 3.05) is 165 Å². The molecule has 0 aromatic rings. The van der Waals surface area contributed by atoms with E-state index in [1.54, 1.807) is 0 Å². The van der Waals surface area contributed by atoms with Gasteiger partial charge in [-0.15, -0.1) is 0 Å². The molecule has 2 aliphatic heterocycles. The van der Waals surface area contributed by atoms with Crippen molar-refractivity contribution >= 4 is 41.5 Å². The number of ether oxygens (including phenoxy) is 12. The van der Waals surface area contributed by atoms with Crippen LogP contribution in [0.5, 0.6) is 0 Å². The fourth-order valence-electron chi connectivity index (χ4n) is 7.43. The van der Waals surface area contributed by atoms with Crippen molar-refractivity contribution in [3.63, 3.8) is 0 Å². The molecule has 81 heavy (non-hydrogen) atoms. The van der Waals surface area contributed by atoms with Crippen LogP contribution >= 0.6 is 0 Å². The summed E-state index contributed by atoms with van der Waals surface area (Å²) >= 11 is 0. The molecule has 8 atom stereocenters. The van der Waals surface area contributed by atoms with Gasteiger partial charge in [-0.3, -0.25) is 19.2 Å². The predicted octanol–water partition coefficient (Wildman–Crippen LogP) is -6.40. The highest BCUT2D eigenvalue weighted by Crippen LogP contribution is 2.26. The smallest absolute Gasteiger partial charge is 0.370 e. The van der Waals surface area contributed by atoms with Crippen LogP contribution in [0.1, 0.15) is 26.2 Å². The Balaban J connectivity index is 1.83. The number of carboxylic acid groups (broad SMARTS) is 2. The molecule has 0 aliphatic carbocycles.